The number of pyridine rings is 1. The van der Waals surface area contributed by atoms with Crippen LogP contribution in [0.4, 0.5) is 0 Å². The Morgan fingerprint density at radius 1 is 1.22 bits per heavy atom. The van der Waals surface area contributed by atoms with Gasteiger partial charge in [0.05, 0.1) is 11.3 Å². The smallest absolute Gasteiger partial charge is 0.340 e. The molecule has 1 unspecified atom stereocenters. The van der Waals surface area contributed by atoms with Gasteiger partial charge >= 0.3 is 5.97 Å². The molecule has 0 fully saturated rings. The molecule has 0 spiro atoms. The summed E-state index contributed by atoms with van der Waals surface area (Å²) < 4.78 is 7.79. The van der Waals surface area contributed by atoms with E-state index in [2.05, 4.69) is 26.0 Å². The molecule has 0 aliphatic carbocycles. The van der Waals surface area contributed by atoms with Crippen molar-refractivity contribution in [1.82, 2.24) is 14.8 Å². The third-order valence-electron chi connectivity index (χ3n) is 3.29. The van der Waals surface area contributed by atoms with Crippen LogP contribution in [-0.2, 0) is 4.74 Å². The largest absolute Gasteiger partial charge is 0.436 e. The maximum atomic E-state index is 12.1. The molecule has 3 rings (SSSR count). The van der Waals surface area contributed by atoms with Gasteiger partial charge in [-0.05, 0) is 53.2 Å². The number of hydrogen-bond acceptors (Lipinski definition) is 4. The molecule has 0 saturated heterocycles. The third-order valence-corrected chi connectivity index (χ3v) is 3.72. The summed E-state index contributed by atoms with van der Waals surface area (Å²) in [4.78, 5) is 16.2. The minimum absolute atomic E-state index is 0.373. The first-order chi connectivity index (χ1) is 11.1. The average molecular weight is 372 g/mol. The zero-order chi connectivity index (χ0) is 16.2. The second-order valence-electron chi connectivity index (χ2n) is 4.92. The first-order valence-electron chi connectivity index (χ1n) is 7.06. The molecule has 116 valence electrons. The second kappa shape index (κ2) is 6.75. The van der Waals surface area contributed by atoms with Gasteiger partial charge in [0.15, 0.2) is 6.23 Å². The molecule has 2 heterocycles. The van der Waals surface area contributed by atoms with Crippen LogP contribution in [0.15, 0.2) is 65.5 Å². The van der Waals surface area contributed by atoms with Crippen LogP contribution in [0.3, 0.4) is 0 Å². The topological polar surface area (TPSA) is 57.0 Å². The van der Waals surface area contributed by atoms with Crippen molar-refractivity contribution < 1.29 is 9.53 Å². The molecule has 1 aromatic carbocycles. The predicted molar refractivity (Wildman–Crippen MR) is 89.7 cm³/mol. The van der Waals surface area contributed by atoms with Crippen LogP contribution in [0.1, 0.15) is 23.5 Å². The maximum Gasteiger partial charge on any atom is 0.340 e. The normalized spacial score (nSPS) is 11.9. The molecule has 6 heteroatoms. The Bertz CT molecular complexity index is 817. The summed E-state index contributed by atoms with van der Waals surface area (Å²) in [6.45, 7) is 1.78. The SMILES string of the molecule is CC(OC(=O)c1ccccc1)n1ccc(-c2ccnc(Br)c2)n1. The summed E-state index contributed by atoms with van der Waals surface area (Å²) in [7, 11) is 0. The van der Waals surface area contributed by atoms with Crippen LogP contribution in [0.5, 0.6) is 0 Å². The Morgan fingerprint density at radius 2 is 2.00 bits per heavy atom. The van der Waals surface area contributed by atoms with E-state index in [1.807, 2.05) is 24.3 Å². The molecule has 0 bridgehead atoms. The van der Waals surface area contributed by atoms with Crippen molar-refractivity contribution in [3.63, 3.8) is 0 Å². The molecule has 23 heavy (non-hydrogen) atoms. The molecule has 0 radical (unpaired) electrons. The van der Waals surface area contributed by atoms with Gasteiger partial charge in [-0.15, -0.1) is 0 Å². The van der Waals surface area contributed by atoms with Gasteiger partial charge < -0.3 is 4.74 Å². The van der Waals surface area contributed by atoms with Crippen LogP contribution in [-0.4, -0.2) is 20.7 Å². The van der Waals surface area contributed by atoms with E-state index in [1.54, 1.807) is 48.3 Å². The van der Waals surface area contributed by atoms with E-state index in [9.17, 15) is 4.79 Å². The van der Waals surface area contributed by atoms with Gasteiger partial charge in [0.25, 0.3) is 0 Å². The molecule has 0 saturated carbocycles. The minimum Gasteiger partial charge on any atom is -0.436 e. The van der Waals surface area contributed by atoms with Gasteiger partial charge in [-0.1, -0.05) is 18.2 Å². The van der Waals surface area contributed by atoms with Crippen LogP contribution in [0, 0.1) is 0 Å². The van der Waals surface area contributed by atoms with E-state index in [-0.39, 0.29) is 5.97 Å². The summed E-state index contributed by atoms with van der Waals surface area (Å²) in [6.07, 6.45) is 2.99. The van der Waals surface area contributed by atoms with E-state index < -0.39 is 6.23 Å². The fourth-order valence-electron chi connectivity index (χ4n) is 2.11. The Hall–Kier alpha value is -2.47. The van der Waals surface area contributed by atoms with Crippen molar-refractivity contribution >= 4 is 21.9 Å². The number of aromatic nitrogens is 3. The molecule has 1 atom stereocenters. The quantitative estimate of drug-likeness (QED) is 0.512. The highest BCUT2D eigenvalue weighted by Gasteiger charge is 2.14. The molecule has 3 aromatic rings. The fraction of sp³-hybridized carbons (Fsp3) is 0.118. The highest BCUT2D eigenvalue weighted by atomic mass is 79.9. The number of nitrogens with zero attached hydrogens (tertiary/aromatic N) is 3. The highest BCUT2D eigenvalue weighted by Crippen LogP contribution is 2.21. The molecule has 0 aliphatic heterocycles. The van der Waals surface area contributed by atoms with Crippen LogP contribution >= 0.6 is 15.9 Å². The summed E-state index contributed by atoms with van der Waals surface area (Å²) in [5.41, 5.74) is 2.24. The maximum absolute atomic E-state index is 12.1. The molecule has 2 aromatic heterocycles. The molecular formula is C17H14BrN3O2. The Labute approximate surface area is 142 Å². The van der Waals surface area contributed by atoms with Gasteiger partial charge in [0.1, 0.15) is 4.60 Å². The molecule has 0 N–H and O–H groups in total. The van der Waals surface area contributed by atoms with Crippen molar-refractivity contribution in [2.75, 3.05) is 0 Å². The Morgan fingerprint density at radius 3 is 2.74 bits per heavy atom. The van der Waals surface area contributed by atoms with Gasteiger partial charge in [-0.2, -0.15) is 5.10 Å². The van der Waals surface area contributed by atoms with Crippen LogP contribution in [0.2, 0.25) is 0 Å². The number of ether oxygens (including phenoxy) is 1. The fourth-order valence-corrected chi connectivity index (χ4v) is 2.47. The van der Waals surface area contributed by atoms with Crippen molar-refractivity contribution in [3.05, 3.63) is 71.1 Å². The van der Waals surface area contributed by atoms with Gasteiger partial charge in [-0.3, -0.25) is 0 Å². The Balaban J connectivity index is 1.74. The van der Waals surface area contributed by atoms with Gasteiger partial charge in [0.2, 0.25) is 0 Å². The van der Waals surface area contributed by atoms with E-state index >= 15 is 0 Å². The monoisotopic (exact) mass is 371 g/mol. The minimum atomic E-state index is -0.498. The van der Waals surface area contributed by atoms with Crippen molar-refractivity contribution in [3.8, 4) is 11.3 Å². The lowest BCUT2D eigenvalue weighted by Crippen LogP contribution is -2.15. The summed E-state index contributed by atoms with van der Waals surface area (Å²) in [6, 6.07) is 14.5. The summed E-state index contributed by atoms with van der Waals surface area (Å²) >= 11 is 3.34. The zero-order valence-electron chi connectivity index (χ0n) is 12.4. The van der Waals surface area contributed by atoms with Crippen molar-refractivity contribution in [2.24, 2.45) is 0 Å². The van der Waals surface area contributed by atoms with Gasteiger partial charge in [0, 0.05) is 18.0 Å². The summed E-state index contributed by atoms with van der Waals surface area (Å²) in [5, 5.41) is 4.46. The number of rotatable bonds is 4. The molecular weight excluding hydrogens is 358 g/mol. The second-order valence-corrected chi connectivity index (χ2v) is 5.73. The van der Waals surface area contributed by atoms with Crippen molar-refractivity contribution in [2.45, 2.75) is 13.2 Å². The van der Waals surface area contributed by atoms with E-state index in [4.69, 9.17) is 4.74 Å². The number of halogens is 1. The first-order valence-corrected chi connectivity index (χ1v) is 7.86. The van der Waals surface area contributed by atoms with Gasteiger partial charge in [-0.25, -0.2) is 14.5 Å². The molecule has 0 aliphatic rings. The van der Waals surface area contributed by atoms with E-state index in [1.165, 1.54) is 0 Å². The lowest BCUT2D eigenvalue weighted by atomic mass is 10.2. The van der Waals surface area contributed by atoms with E-state index in [0.717, 1.165) is 15.9 Å². The number of esters is 1. The number of hydrogen-bond donors (Lipinski definition) is 0. The first kappa shape index (κ1) is 15.4. The lowest BCUT2D eigenvalue weighted by Gasteiger charge is -2.13. The summed E-state index contributed by atoms with van der Waals surface area (Å²) in [5.74, 6) is -0.373. The highest BCUT2D eigenvalue weighted by molar-refractivity contribution is 9.10. The number of benzene rings is 1. The third kappa shape index (κ3) is 3.65. The average Bonchev–Trinajstić information content (AvgIpc) is 3.06. The number of carbonyl (C=O) groups excluding carboxylic acids is 1. The Kier molecular flexibility index (Phi) is 4.52. The molecule has 0 amide bonds. The van der Waals surface area contributed by atoms with Crippen LogP contribution in [0.25, 0.3) is 11.3 Å². The standard InChI is InChI=1S/C17H14BrN3O2/c1-12(23-17(22)13-5-3-2-4-6-13)21-10-8-15(20-21)14-7-9-19-16(18)11-14/h2-12H,1H3. The number of carbonyl (C=O) groups is 1. The van der Waals surface area contributed by atoms with Crippen LogP contribution < -0.4 is 0 Å². The zero-order valence-corrected chi connectivity index (χ0v) is 14.0. The molecule has 5 nitrogen and oxygen atoms in total. The predicted octanol–water partition coefficient (Wildman–Crippen LogP) is 4.08. The van der Waals surface area contributed by atoms with E-state index in [0.29, 0.717) is 5.56 Å². The lowest BCUT2D eigenvalue weighted by molar-refractivity contribution is 0.0119. The van der Waals surface area contributed by atoms with Crippen molar-refractivity contribution in [1.29, 1.82) is 0 Å².